The quantitative estimate of drug-likeness (QED) is 0.783. The molecule has 120 valence electrons. The number of fused-ring (bicyclic) bond motifs is 1. The van der Waals surface area contributed by atoms with Gasteiger partial charge in [-0.2, -0.15) is 0 Å². The lowest BCUT2D eigenvalue weighted by molar-refractivity contribution is 0.383. The van der Waals surface area contributed by atoms with Gasteiger partial charge in [0.05, 0.1) is 5.69 Å². The van der Waals surface area contributed by atoms with Gasteiger partial charge in [0, 0.05) is 6.54 Å². The van der Waals surface area contributed by atoms with Gasteiger partial charge in [-0.1, -0.05) is 13.0 Å². The molecule has 7 heteroatoms. The smallest absolute Gasteiger partial charge is 0.266 e. The number of aliphatic imine (C=N–C) groups is 1. The SMILES string of the molecule is CCc1ccc2c(c1)S(=O)(=O)NC(=NCC1CCNCC1)N2. The maximum atomic E-state index is 12.4. The van der Waals surface area contributed by atoms with Crippen molar-refractivity contribution in [2.75, 3.05) is 25.0 Å². The Balaban J connectivity index is 1.79. The van der Waals surface area contributed by atoms with Gasteiger partial charge in [-0.25, -0.2) is 13.1 Å². The van der Waals surface area contributed by atoms with Crippen molar-refractivity contribution in [1.29, 1.82) is 0 Å². The highest BCUT2D eigenvalue weighted by molar-refractivity contribution is 7.90. The lowest BCUT2D eigenvalue weighted by atomic mass is 9.99. The minimum atomic E-state index is -3.53. The Bertz CT molecular complexity index is 679. The van der Waals surface area contributed by atoms with Crippen LogP contribution in [0, 0.1) is 5.92 Å². The van der Waals surface area contributed by atoms with Crippen LogP contribution in [0.3, 0.4) is 0 Å². The molecule has 2 heterocycles. The summed E-state index contributed by atoms with van der Waals surface area (Å²) in [6.07, 6.45) is 2.97. The van der Waals surface area contributed by atoms with Crippen LogP contribution in [0.15, 0.2) is 28.1 Å². The van der Waals surface area contributed by atoms with Gasteiger partial charge in [-0.15, -0.1) is 0 Å². The molecule has 1 saturated heterocycles. The zero-order chi connectivity index (χ0) is 15.6. The molecule has 2 aliphatic heterocycles. The third-order valence-corrected chi connectivity index (χ3v) is 5.57. The lowest BCUT2D eigenvalue weighted by Crippen LogP contribution is -2.41. The molecule has 0 radical (unpaired) electrons. The van der Waals surface area contributed by atoms with Crippen LogP contribution in [0.25, 0.3) is 0 Å². The molecule has 0 unspecified atom stereocenters. The largest absolute Gasteiger partial charge is 0.324 e. The Morgan fingerprint density at radius 3 is 2.77 bits per heavy atom. The van der Waals surface area contributed by atoms with Gasteiger partial charge in [-0.05, 0) is 56.0 Å². The maximum absolute atomic E-state index is 12.4. The van der Waals surface area contributed by atoms with Crippen LogP contribution in [-0.4, -0.2) is 34.0 Å². The van der Waals surface area contributed by atoms with Crippen molar-refractivity contribution in [3.8, 4) is 0 Å². The van der Waals surface area contributed by atoms with E-state index in [2.05, 4.69) is 20.3 Å². The molecular formula is C15H22N4O2S. The van der Waals surface area contributed by atoms with Crippen molar-refractivity contribution in [2.45, 2.75) is 31.1 Å². The van der Waals surface area contributed by atoms with Crippen LogP contribution in [-0.2, 0) is 16.4 Å². The first-order valence-corrected chi connectivity index (χ1v) is 9.25. The predicted octanol–water partition coefficient (Wildman–Crippen LogP) is 1.31. The molecule has 1 aromatic carbocycles. The molecule has 1 aromatic rings. The van der Waals surface area contributed by atoms with Gasteiger partial charge < -0.3 is 10.6 Å². The van der Waals surface area contributed by atoms with E-state index in [9.17, 15) is 8.42 Å². The number of hydrogen-bond donors (Lipinski definition) is 3. The number of sulfonamides is 1. The predicted molar refractivity (Wildman–Crippen MR) is 87.7 cm³/mol. The number of anilines is 1. The highest BCUT2D eigenvalue weighted by Crippen LogP contribution is 2.26. The average Bonchev–Trinajstić information content (AvgIpc) is 2.53. The van der Waals surface area contributed by atoms with Crippen LogP contribution >= 0.6 is 0 Å². The monoisotopic (exact) mass is 322 g/mol. The van der Waals surface area contributed by atoms with E-state index in [1.54, 1.807) is 6.07 Å². The van der Waals surface area contributed by atoms with E-state index in [1.165, 1.54) is 0 Å². The van der Waals surface area contributed by atoms with E-state index in [-0.39, 0.29) is 0 Å². The molecule has 0 amide bonds. The van der Waals surface area contributed by atoms with Gasteiger partial charge >= 0.3 is 0 Å². The second-order valence-corrected chi connectivity index (χ2v) is 7.45. The normalized spacial score (nSPS) is 22.7. The molecule has 0 atom stereocenters. The van der Waals surface area contributed by atoms with E-state index < -0.39 is 10.0 Å². The molecule has 0 bridgehead atoms. The number of rotatable bonds is 3. The Hall–Kier alpha value is -1.60. The number of piperidine rings is 1. The molecule has 22 heavy (non-hydrogen) atoms. The molecule has 0 saturated carbocycles. The van der Waals surface area contributed by atoms with E-state index >= 15 is 0 Å². The Labute approximate surface area is 131 Å². The molecule has 2 aliphatic rings. The molecule has 0 spiro atoms. The summed E-state index contributed by atoms with van der Waals surface area (Å²) in [5.74, 6) is 0.846. The zero-order valence-corrected chi connectivity index (χ0v) is 13.5. The summed E-state index contributed by atoms with van der Waals surface area (Å²) < 4.78 is 27.3. The van der Waals surface area contributed by atoms with Crippen molar-refractivity contribution >= 4 is 21.7 Å². The van der Waals surface area contributed by atoms with Crippen molar-refractivity contribution in [3.05, 3.63) is 23.8 Å². The van der Waals surface area contributed by atoms with Crippen molar-refractivity contribution < 1.29 is 8.42 Å². The number of aryl methyl sites for hydroxylation is 1. The van der Waals surface area contributed by atoms with E-state index in [1.807, 2.05) is 19.1 Å². The number of benzene rings is 1. The van der Waals surface area contributed by atoms with E-state index in [4.69, 9.17) is 0 Å². The minimum absolute atomic E-state index is 0.299. The van der Waals surface area contributed by atoms with Gasteiger partial charge in [0.15, 0.2) is 0 Å². The van der Waals surface area contributed by atoms with E-state index in [0.29, 0.717) is 29.0 Å². The Morgan fingerprint density at radius 1 is 1.27 bits per heavy atom. The maximum Gasteiger partial charge on any atom is 0.266 e. The first-order valence-electron chi connectivity index (χ1n) is 7.76. The molecule has 6 nitrogen and oxygen atoms in total. The molecule has 3 N–H and O–H groups in total. The standard InChI is InChI=1S/C15H22N4O2S/c1-2-11-3-4-13-14(9-11)22(20,21)19-15(18-13)17-10-12-5-7-16-8-6-12/h3-4,9,12,16H,2,5-8,10H2,1H3,(H2,17,18,19). The van der Waals surface area contributed by atoms with Crippen molar-refractivity contribution in [3.63, 3.8) is 0 Å². The van der Waals surface area contributed by atoms with Crippen LogP contribution in [0.4, 0.5) is 5.69 Å². The third kappa shape index (κ3) is 3.25. The molecule has 1 fully saturated rings. The summed E-state index contributed by atoms with van der Waals surface area (Å²) in [5.41, 5.74) is 1.60. The van der Waals surface area contributed by atoms with Crippen LogP contribution in [0.5, 0.6) is 0 Å². The summed E-state index contributed by atoms with van der Waals surface area (Å²) in [4.78, 5) is 4.73. The highest BCUT2D eigenvalue weighted by atomic mass is 32.2. The Morgan fingerprint density at radius 2 is 2.05 bits per heavy atom. The summed E-state index contributed by atoms with van der Waals surface area (Å²) in [7, 11) is -3.53. The molecule has 0 aliphatic carbocycles. The third-order valence-electron chi connectivity index (χ3n) is 4.19. The molecule has 3 rings (SSSR count). The highest BCUT2D eigenvalue weighted by Gasteiger charge is 2.26. The summed E-state index contributed by atoms with van der Waals surface area (Å²) >= 11 is 0. The van der Waals surface area contributed by atoms with Crippen molar-refractivity contribution in [2.24, 2.45) is 10.9 Å². The second-order valence-electron chi connectivity index (χ2n) is 5.80. The first kappa shape index (κ1) is 15.3. The number of nitrogens with zero attached hydrogens (tertiary/aromatic N) is 1. The first-order chi connectivity index (χ1) is 10.6. The summed E-state index contributed by atoms with van der Waals surface area (Å²) in [6, 6.07) is 5.47. The average molecular weight is 322 g/mol. The lowest BCUT2D eigenvalue weighted by Gasteiger charge is -2.24. The van der Waals surface area contributed by atoms with Crippen molar-refractivity contribution in [1.82, 2.24) is 10.0 Å². The van der Waals surface area contributed by atoms with Crippen LogP contribution in [0.1, 0.15) is 25.3 Å². The Kier molecular flexibility index (Phi) is 4.35. The van der Waals surface area contributed by atoms with E-state index in [0.717, 1.165) is 37.9 Å². The van der Waals surface area contributed by atoms with Gasteiger partial charge in [0.25, 0.3) is 10.0 Å². The fraction of sp³-hybridized carbons (Fsp3) is 0.533. The van der Waals surface area contributed by atoms with Gasteiger partial charge in [-0.3, -0.25) is 4.99 Å². The van der Waals surface area contributed by atoms with Gasteiger partial charge in [0.1, 0.15) is 4.90 Å². The topological polar surface area (TPSA) is 82.6 Å². The molecular weight excluding hydrogens is 300 g/mol. The number of nitrogens with one attached hydrogen (secondary N) is 3. The fourth-order valence-corrected chi connectivity index (χ4v) is 4.00. The minimum Gasteiger partial charge on any atom is -0.324 e. The van der Waals surface area contributed by atoms with Gasteiger partial charge in [0.2, 0.25) is 5.96 Å². The van der Waals surface area contributed by atoms with Crippen LogP contribution < -0.4 is 15.4 Å². The molecule has 0 aromatic heterocycles. The second kappa shape index (κ2) is 6.26. The summed E-state index contributed by atoms with van der Waals surface area (Å²) in [6.45, 7) is 4.67. The fourth-order valence-electron chi connectivity index (χ4n) is 2.80. The van der Waals surface area contributed by atoms with Crippen LogP contribution in [0.2, 0.25) is 0 Å². The number of hydrogen-bond acceptors (Lipinski definition) is 4. The number of guanidine groups is 1. The zero-order valence-electron chi connectivity index (χ0n) is 12.7. The summed E-state index contributed by atoms with van der Waals surface area (Å²) in [5, 5.41) is 6.40.